The summed E-state index contributed by atoms with van der Waals surface area (Å²) in [6, 6.07) is 9.20. The van der Waals surface area contributed by atoms with Gasteiger partial charge in [0.05, 0.1) is 16.3 Å². The number of rotatable bonds is 3. The molecule has 19 heavy (non-hydrogen) atoms. The maximum atomic E-state index is 5.96. The molecule has 0 spiro atoms. The van der Waals surface area contributed by atoms with Gasteiger partial charge in [0.25, 0.3) is 0 Å². The lowest BCUT2D eigenvalue weighted by Crippen LogP contribution is -1.95. The third-order valence-electron chi connectivity index (χ3n) is 2.12. The summed E-state index contributed by atoms with van der Waals surface area (Å²) in [4.78, 5) is 3.99. The largest absolute Gasteiger partial charge is 0.260 e. The van der Waals surface area contributed by atoms with Crippen LogP contribution < -0.4 is 5.43 Å². The molecular formula is C12H7BrCl3N3. The minimum Gasteiger partial charge on any atom is -0.260 e. The minimum atomic E-state index is 0.172. The van der Waals surface area contributed by atoms with Gasteiger partial charge in [0.1, 0.15) is 5.15 Å². The number of halogens is 4. The summed E-state index contributed by atoms with van der Waals surface area (Å²) in [5.41, 5.74) is 3.65. The third kappa shape index (κ3) is 4.08. The Kier molecular flexibility index (Phi) is 5.05. The molecule has 0 radical (unpaired) electrons. The van der Waals surface area contributed by atoms with E-state index in [0.717, 1.165) is 10.0 Å². The van der Waals surface area contributed by atoms with E-state index in [9.17, 15) is 0 Å². The van der Waals surface area contributed by atoms with E-state index >= 15 is 0 Å². The van der Waals surface area contributed by atoms with Crippen molar-refractivity contribution in [2.45, 2.75) is 0 Å². The van der Waals surface area contributed by atoms with Crippen LogP contribution in [0.5, 0.6) is 0 Å². The second-order valence-electron chi connectivity index (χ2n) is 3.52. The van der Waals surface area contributed by atoms with Crippen molar-refractivity contribution in [3.05, 3.63) is 55.6 Å². The molecule has 2 aromatic rings. The Balaban J connectivity index is 2.12. The molecule has 0 bridgehead atoms. The van der Waals surface area contributed by atoms with Crippen LogP contribution in [0.15, 0.2) is 39.9 Å². The Labute approximate surface area is 133 Å². The molecular weight excluding hydrogens is 372 g/mol. The summed E-state index contributed by atoms with van der Waals surface area (Å²) in [6.07, 6.45) is 1.64. The normalized spacial score (nSPS) is 10.9. The fourth-order valence-electron chi connectivity index (χ4n) is 1.28. The summed E-state index contributed by atoms with van der Waals surface area (Å²) in [6.45, 7) is 0. The lowest BCUT2D eigenvalue weighted by Gasteiger charge is -2.04. The quantitative estimate of drug-likeness (QED) is 0.449. The lowest BCUT2D eigenvalue weighted by molar-refractivity contribution is 1.23. The topological polar surface area (TPSA) is 37.3 Å². The highest BCUT2D eigenvalue weighted by Gasteiger charge is 2.06. The molecule has 1 N–H and O–H groups in total. The van der Waals surface area contributed by atoms with Crippen molar-refractivity contribution in [3.8, 4) is 0 Å². The highest BCUT2D eigenvalue weighted by atomic mass is 79.9. The number of nitrogens with one attached hydrogen (secondary N) is 1. The van der Waals surface area contributed by atoms with Crippen LogP contribution in [0.3, 0.4) is 0 Å². The van der Waals surface area contributed by atoms with E-state index in [1.165, 1.54) is 6.07 Å². The Morgan fingerprint density at radius 2 is 1.95 bits per heavy atom. The van der Waals surface area contributed by atoms with E-state index in [2.05, 4.69) is 31.4 Å². The molecule has 0 saturated carbocycles. The van der Waals surface area contributed by atoms with Crippen LogP contribution in [0.25, 0.3) is 0 Å². The van der Waals surface area contributed by atoms with E-state index in [0.29, 0.717) is 15.9 Å². The van der Waals surface area contributed by atoms with Crippen LogP contribution in [-0.2, 0) is 0 Å². The van der Waals surface area contributed by atoms with Gasteiger partial charge in [0, 0.05) is 4.47 Å². The number of benzene rings is 1. The van der Waals surface area contributed by atoms with Crippen molar-refractivity contribution >= 4 is 62.8 Å². The maximum Gasteiger partial charge on any atom is 0.166 e. The first-order valence-corrected chi connectivity index (χ1v) is 7.05. The molecule has 98 valence electrons. The molecule has 0 atom stereocenters. The van der Waals surface area contributed by atoms with Gasteiger partial charge in [-0.1, -0.05) is 62.9 Å². The summed E-state index contributed by atoms with van der Waals surface area (Å²) in [7, 11) is 0. The third-order valence-corrected chi connectivity index (χ3v) is 3.57. The van der Waals surface area contributed by atoms with Crippen molar-refractivity contribution in [2.75, 3.05) is 5.43 Å². The molecule has 0 aliphatic carbocycles. The van der Waals surface area contributed by atoms with E-state index in [1.54, 1.807) is 6.21 Å². The number of hydrogen-bond acceptors (Lipinski definition) is 3. The number of anilines is 1. The van der Waals surface area contributed by atoms with Crippen molar-refractivity contribution < 1.29 is 0 Å². The van der Waals surface area contributed by atoms with Crippen LogP contribution in [-0.4, -0.2) is 11.2 Å². The first-order chi connectivity index (χ1) is 9.06. The molecule has 3 nitrogen and oxygen atoms in total. The molecule has 1 heterocycles. The molecule has 0 fully saturated rings. The van der Waals surface area contributed by atoms with Gasteiger partial charge in [-0.25, -0.2) is 4.98 Å². The monoisotopic (exact) mass is 377 g/mol. The zero-order chi connectivity index (χ0) is 13.8. The average Bonchev–Trinajstić information content (AvgIpc) is 2.35. The highest BCUT2D eigenvalue weighted by Crippen LogP contribution is 2.28. The van der Waals surface area contributed by atoms with Gasteiger partial charge in [-0.3, -0.25) is 5.43 Å². The number of hydrogen-bond donors (Lipinski definition) is 1. The first kappa shape index (κ1) is 14.6. The Morgan fingerprint density at radius 1 is 1.16 bits per heavy atom. The van der Waals surface area contributed by atoms with Crippen LogP contribution in [0.1, 0.15) is 5.56 Å². The zero-order valence-corrected chi connectivity index (χ0v) is 13.2. The van der Waals surface area contributed by atoms with Gasteiger partial charge in [-0.05, 0) is 23.8 Å². The molecule has 1 aromatic heterocycles. The number of pyridine rings is 1. The van der Waals surface area contributed by atoms with Gasteiger partial charge in [0.2, 0.25) is 0 Å². The average molecular weight is 379 g/mol. The maximum absolute atomic E-state index is 5.96. The smallest absolute Gasteiger partial charge is 0.166 e. The zero-order valence-electron chi connectivity index (χ0n) is 9.37. The van der Waals surface area contributed by atoms with Gasteiger partial charge in [-0.2, -0.15) is 5.10 Å². The van der Waals surface area contributed by atoms with Crippen molar-refractivity contribution in [1.82, 2.24) is 4.98 Å². The molecule has 0 saturated heterocycles. The number of aromatic nitrogens is 1. The van der Waals surface area contributed by atoms with E-state index in [-0.39, 0.29) is 5.15 Å². The van der Waals surface area contributed by atoms with Gasteiger partial charge in [0.15, 0.2) is 5.82 Å². The van der Waals surface area contributed by atoms with Crippen molar-refractivity contribution in [1.29, 1.82) is 0 Å². The molecule has 0 amide bonds. The Hall–Kier alpha value is -0.810. The Morgan fingerprint density at radius 3 is 2.68 bits per heavy atom. The summed E-state index contributed by atoms with van der Waals surface area (Å²) in [5.74, 6) is 0.349. The molecule has 2 rings (SSSR count). The first-order valence-electron chi connectivity index (χ1n) is 5.12. The fraction of sp³-hybridized carbons (Fsp3) is 0. The van der Waals surface area contributed by atoms with Gasteiger partial charge < -0.3 is 0 Å². The van der Waals surface area contributed by atoms with Crippen molar-refractivity contribution in [2.24, 2.45) is 5.10 Å². The predicted octanol–water partition coefficient (Wildman–Crippen LogP) is 5.25. The second kappa shape index (κ2) is 6.57. The molecule has 0 unspecified atom stereocenters. The number of hydrazone groups is 1. The van der Waals surface area contributed by atoms with E-state index < -0.39 is 0 Å². The molecule has 7 heteroatoms. The van der Waals surface area contributed by atoms with Gasteiger partial charge in [-0.15, -0.1) is 0 Å². The highest BCUT2D eigenvalue weighted by molar-refractivity contribution is 9.10. The molecule has 0 aliphatic heterocycles. The number of nitrogens with zero attached hydrogens (tertiary/aromatic N) is 2. The standard InChI is InChI=1S/C12H7BrCl3N3/c13-8-3-1-2-7(4-8)6-17-19-12-10(15)5-9(14)11(16)18-12/h1-6H,(H,18,19). The summed E-state index contributed by atoms with van der Waals surface area (Å²) >= 11 is 20.9. The predicted molar refractivity (Wildman–Crippen MR) is 84.6 cm³/mol. The summed E-state index contributed by atoms with van der Waals surface area (Å²) in [5, 5.41) is 4.86. The van der Waals surface area contributed by atoms with Crippen LogP contribution in [0.2, 0.25) is 15.2 Å². The van der Waals surface area contributed by atoms with Crippen LogP contribution in [0.4, 0.5) is 5.82 Å². The van der Waals surface area contributed by atoms with Crippen molar-refractivity contribution in [3.63, 3.8) is 0 Å². The lowest BCUT2D eigenvalue weighted by atomic mass is 10.2. The van der Waals surface area contributed by atoms with Gasteiger partial charge >= 0.3 is 0 Å². The molecule has 0 aliphatic rings. The van der Waals surface area contributed by atoms with E-state index in [1.807, 2.05) is 24.3 Å². The van der Waals surface area contributed by atoms with Crippen LogP contribution >= 0.6 is 50.7 Å². The summed E-state index contributed by atoms with van der Waals surface area (Å²) < 4.78 is 0.974. The fourth-order valence-corrected chi connectivity index (χ4v) is 2.23. The second-order valence-corrected chi connectivity index (χ2v) is 5.60. The van der Waals surface area contributed by atoms with Crippen LogP contribution in [0, 0.1) is 0 Å². The van der Waals surface area contributed by atoms with E-state index in [4.69, 9.17) is 34.8 Å². The minimum absolute atomic E-state index is 0.172. The Bertz CT molecular complexity index is 632. The molecule has 1 aromatic carbocycles. The SMILES string of the molecule is Clc1cc(Cl)c(NN=Cc2cccc(Br)c2)nc1Cl.